The number of rotatable bonds is 7. The molecular formula is C19H23N5O2S. The third-order valence-electron chi connectivity index (χ3n) is 4.10. The standard InChI is InChI=1S/C19H23N5O2S/c1-4-7-17-21-23(19(27)24(17)22-10-5-6-11-22)13-18(25)20-15-12-14(2)8-9-16(15)26-3/h5-6,8-12H,4,7,13H2,1-3H3,(H,20,25). The van der Waals surface area contributed by atoms with E-state index in [1.54, 1.807) is 11.8 Å². The molecule has 1 N–H and O–H groups in total. The van der Waals surface area contributed by atoms with Crippen LogP contribution in [0.3, 0.4) is 0 Å². The highest BCUT2D eigenvalue weighted by Gasteiger charge is 2.15. The first-order valence-corrected chi connectivity index (χ1v) is 9.21. The molecule has 0 radical (unpaired) electrons. The van der Waals surface area contributed by atoms with Crippen molar-refractivity contribution in [3.63, 3.8) is 0 Å². The van der Waals surface area contributed by atoms with Crippen LogP contribution in [0.5, 0.6) is 5.75 Å². The number of aromatic nitrogens is 4. The maximum atomic E-state index is 12.6. The third-order valence-corrected chi connectivity index (χ3v) is 4.48. The molecule has 0 aliphatic rings. The van der Waals surface area contributed by atoms with Crippen molar-refractivity contribution in [2.24, 2.45) is 0 Å². The summed E-state index contributed by atoms with van der Waals surface area (Å²) in [4.78, 5) is 12.6. The summed E-state index contributed by atoms with van der Waals surface area (Å²) in [6.07, 6.45) is 5.50. The zero-order valence-corrected chi connectivity index (χ0v) is 16.5. The second-order valence-electron chi connectivity index (χ2n) is 6.23. The van der Waals surface area contributed by atoms with Crippen LogP contribution in [0.2, 0.25) is 0 Å². The average molecular weight is 385 g/mol. The molecule has 3 aromatic rings. The Balaban J connectivity index is 1.86. The lowest BCUT2D eigenvalue weighted by Gasteiger charge is -2.11. The largest absolute Gasteiger partial charge is 0.495 e. The van der Waals surface area contributed by atoms with Gasteiger partial charge in [0, 0.05) is 18.8 Å². The van der Waals surface area contributed by atoms with Gasteiger partial charge in [0.15, 0.2) is 5.82 Å². The lowest BCUT2D eigenvalue weighted by atomic mass is 10.2. The zero-order chi connectivity index (χ0) is 19.4. The van der Waals surface area contributed by atoms with Crippen LogP contribution in [0.4, 0.5) is 5.69 Å². The number of carbonyl (C=O) groups excluding carboxylic acids is 1. The quantitative estimate of drug-likeness (QED) is 0.633. The van der Waals surface area contributed by atoms with Crippen molar-refractivity contribution in [3.05, 3.63) is 58.9 Å². The van der Waals surface area contributed by atoms with E-state index in [1.807, 2.05) is 59.0 Å². The number of ether oxygens (including phenoxy) is 1. The van der Waals surface area contributed by atoms with Gasteiger partial charge in [0.2, 0.25) is 10.7 Å². The minimum atomic E-state index is -0.213. The first kappa shape index (κ1) is 18.9. The van der Waals surface area contributed by atoms with Crippen LogP contribution in [0.15, 0.2) is 42.7 Å². The molecule has 2 aromatic heterocycles. The van der Waals surface area contributed by atoms with Gasteiger partial charge >= 0.3 is 0 Å². The van der Waals surface area contributed by atoms with Crippen molar-refractivity contribution in [3.8, 4) is 5.75 Å². The zero-order valence-electron chi connectivity index (χ0n) is 15.7. The lowest BCUT2D eigenvalue weighted by Crippen LogP contribution is -2.20. The normalized spacial score (nSPS) is 10.8. The average Bonchev–Trinajstić information content (AvgIpc) is 3.24. The Morgan fingerprint density at radius 3 is 2.70 bits per heavy atom. The topological polar surface area (TPSA) is 66.0 Å². The minimum Gasteiger partial charge on any atom is -0.495 e. The lowest BCUT2D eigenvalue weighted by molar-refractivity contribution is -0.116. The summed E-state index contributed by atoms with van der Waals surface area (Å²) in [6, 6.07) is 9.48. The molecule has 7 nitrogen and oxygen atoms in total. The number of amides is 1. The number of hydrogen-bond acceptors (Lipinski definition) is 4. The van der Waals surface area contributed by atoms with Gasteiger partial charge in [0.1, 0.15) is 12.3 Å². The highest BCUT2D eigenvalue weighted by Crippen LogP contribution is 2.25. The van der Waals surface area contributed by atoms with Gasteiger partial charge in [-0.1, -0.05) is 13.0 Å². The van der Waals surface area contributed by atoms with E-state index in [4.69, 9.17) is 17.0 Å². The summed E-state index contributed by atoms with van der Waals surface area (Å²) < 4.78 is 11.1. The smallest absolute Gasteiger partial charge is 0.246 e. The van der Waals surface area contributed by atoms with E-state index in [9.17, 15) is 4.79 Å². The molecule has 0 spiro atoms. The Bertz CT molecular complexity index is 988. The number of nitrogens with one attached hydrogen (secondary N) is 1. The van der Waals surface area contributed by atoms with Gasteiger partial charge in [-0.2, -0.15) is 5.10 Å². The number of anilines is 1. The monoisotopic (exact) mass is 385 g/mol. The Kier molecular flexibility index (Phi) is 5.75. The molecule has 27 heavy (non-hydrogen) atoms. The molecule has 8 heteroatoms. The molecule has 0 atom stereocenters. The number of methoxy groups -OCH3 is 1. The van der Waals surface area contributed by atoms with E-state index in [0.717, 1.165) is 24.2 Å². The maximum absolute atomic E-state index is 12.6. The summed E-state index contributed by atoms with van der Waals surface area (Å²) >= 11 is 5.57. The summed E-state index contributed by atoms with van der Waals surface area (Å²) in [7, 11) is 1.58. The first-order valence-electron chi connectivity index (χ1n) is 8.80. The van der Waals surface area contributed by atoms with Gasteiger partial charge < -0.3 is 10.1 Å². The number of nitrogens with zero attached hydrogens (tertiary/aromatic N) is 4. The van der Waals surface area contributed by atoms with Crippen LogP contribution >= 0.6 is 12.2 Å². The van der Waals surface area contributed by atoms with Gasteiger partial charge in [0.25, 0.3) is 0 Å². The van der Waals surface area contributed by atoms with E-state index < -0.39 is 0 Å². The first-order chi connectivity index (χ1) is 13.0. The second-order valence-corrected chi connectivity index (χ2v) is 6.60. The Hall–Kier alpha value is -2.87. The van der Waals surface area contributed by atoms with Gasteiger partial charge in [-0.3, -0.25) is 9.47 Å². The van der Waals surface area contributed by atoms with Crippen LogP contribution in [0.25, 0.3) is 0 Å². The van der Waals surface area contributed by atoms with E-state index in [1.165, 1.54) is 0 Å². The van der Waals surface area contributed by atoms with Crippen LogP contribution in [-0.4, -0.2) is 32.1 Å². The van der Waals surface area contributed by atoms with E-state index in [-0.39, 0.29) is 12.5 Å². The van der Waals surface area contributed by atoms with Crippen molar-refractivity contribution >= 4 is 23.8 Å². The molecule has 3 rings (SSSR count). The molecule has 0 saturated heterocycles. The molecule has 142 valence electrons. The van der Waals surface area contributed by atoms with Crippen LogP contribution in [0.1, 0.15) is 24.7 Å². The molecule has 0 fully saturated rings. The van der Waals surface area contributed by atoms with Crippen molar-refractivity contribution in [2.45, 2.75) is 33.2 Å². The molecule has 1 amide bonds. The molecule has 0 bridgehead atoms. The van der Waals surface area contributed by atoms with Crippen LogP contribution in [-0.2, 0) is 17.8 Å². The second kappa shape index (κ2) is 8.22. The third kappa shape index (κ3) is 4.11. The number of aryl methyl sites for hydroxylation is 2. The fourth-order valence-corrected chi connectivity index (χ4v) is 3.17. The van der Waals surface area contributed by atoms with Gasteiger partial charge in [-0.15, -0.1) is 0 Å². The van der Waals surface area contributed by atoms with Crippen molar-refractivity contribution in [1.82, 2.24) is 19.1 Å². The van der Waals surface area contributed by atoms with Crippen LogP contribution < -0.4 is 10.1 Å². The molecule has 0 aliphatic carbocycles. The summed E-state index contributed by atoms with van der Waals surface area (Å²) in [5.41, 5.74) is 1.66. The van der Waals surface area contributed by atoms with Gasteiger partial charge in [-0.05, 0) is 55.4 Å². The summed E-state index contributed by atoms with van der Waals surface area (Å²) in [5, 5.41) is 7.45. The van der Waals surface area contributed by atoms with Gasteiger partial charge in [0.05, 0.1) is 12.8 Å². The molecule has 1 aromatic carbocycles. The SMILES string of the molecule is CCCc1nn(CC(=O)Nc2cc(C)ccc2OC)c(=S)n1-n1cccc1. The number of carbonyl (C=O) groups is 1. The predicted octanol–water partition coefficient (Wildman–Crippen LogP) is 3.44. The highest BCUT2D eigenvalue weighted by molar-refractivity contribution is 7.71. The van der Waals surface area contributed by atoms with Crippen molar-refractivity contribution < 1.29 is 9.53 Å². The highest BCUT2D eigenvalue weighted by atomic mass is 32.1. The summed E-state index contributed by atoms with van der Waals surface area (Å²) in [5.74, 6) is 1.22. The molecule has 2 heterocycles. The Morgan fingerprint density at radius 1 is 1.30 bits per heavy atom. The molecule has 0 saturated carbocycles. The molecule has 0 unspecified atom stereocenters. The van der Waals surface area contributed by atoms with E-state index >= 15 is 0 Å². The minimum absolute atomic E-state index is 0.0287. The Morgan fingerprint density at radius 2 is 2.04 bits per heavy atom. The Labute approximate surface area is 163 Å². The van der Waals surface area contributed by atoms with Crippen molar-refractivity contribution in [2.75, 3.05) is 12.4 Å². The fourth-order valence-electron chi connectivity index (χ4n) is 2.86. The fraction of sp³-hybridized carbons (Fsp3) is 0.316. The summed E-state index contributed by atoms with van der Waals surface area (Å²) in [6.45, 7) is 4.07. The molecule has 0 aliphatic heterocycles. The van der Waals surface area contributed by atoms with Crippen molar-refractivity contribution in [1.29, 1.82) is 0 Å². The number of benzene rings is 1. The van der Waals surface area contributed by atoms with E-state index in [2.05, 4.69) is 17.3 Å². The van der Waals surface area contributed by atoms with Crippen LogP contribution in [0, 0.1) is 11.7 Å². The molecular weight excluding hydrogens is 362 g/mol. The maximum Gasteiger partial charge on any atom is 0.246 e. The predicted molar refractivity (Wildman–Crippen MR) is 107 cm³/mol. The van der Waals surface area contributed by atoms with E-state index in [0.29, 0.717) is 16.2 Å². The number of hydrogen-bond donors (Lipinski definition) is 1. The van der Waals surface area contributed by atoms with Gasteiger partial charge in [-0.25, -0.2) is 9.36 Å².